The Morgan fingerprint density at radius 3 is 2.53 bits per heavy atom. The number of benzene rings is 1. The highest BCUT2D eigenvalue weighted by Gasteiger charge is 2.38. The summed E-state index contributed by atoms with van der Waals surface area (Å²) >= 11 is 0. The SMILES string of the molecule is CC1(O)CCN(S(=O)(=O)c2ccc(CC#N)cc2)C1. The Balaban J connectivity index is 2.23. The molecule has 102 valence electrons. The molecule has 1 unspecified atom stereocenters. The molecule has 1 fully saturated rings. The maximum Gasteiger partial charge on any atom is 0.243 e. The Morgan fingerprint density at radius 2 is 2.05 bits per heavy atom. The van der Waals surface area contributed by atoms with E-state index in [0.29, 0.717) is 13.0 Å². The van der Waals surface area contributed by atoms with Crippen molar-refractivity contribution in [1.29, 1.82) is 5.26 Å². The van der Waals surface area contributed by atoms with Crippen LogP contribution in [-0.2, 0) is 16.4 Å². The number of sulfonamides is 1. The van der Waals surface area contributed by atoms with Crippen LogP contribution in [0.5, 0.6) is 0 Å². The third-order valence-corrected chi connectivity index (χ3v) is 5.12. The Labute approximate surface area is 113 Å². The third-order valence-electron chi connectivity index (χ3n) is 3.26. The van der Waals surface area contributed by atoms with Crippen molar-refractivity contribution in [2.24, 2.45) is 0 Å². The fourth-order valence-corrected chi connectivity index (χ4v) is 3.69. The second kappa shape index (κ2) is 4.93. The third kappa shape index (κ3) is 2.95. The maximum atomic E-state index is 12.3. The fourth-order valence-electron chi connectivity index (χ4n) is 2.13. The highest BCUT2D eigenvalue weighted by atomic mass is 32.2. The average Bonchev–Trinajstić information content (AvgIpc) is 2.71. The van der Waals surface area contributed by atoms with Crippen LogP contribution >= 0.6 is 0 Å². The summed E-state index contributed by atoms with van der Waals surface area (Å²) in [6.07, 6.45) is 0.706. The molecule has 0 aliphatic carbocycles. The highest BCUT2D eigenvalue weighted by Crippen LogP contribution is 2.26. The molecule has 5 nitrogen and oxygen atoms in total. The molecule has 1 heterocycles. The zero-order valence-electron chi connectivity index (χ0n) is 10.7. The van der Waals surface area contributed by atoms with Gasteiger partial charge in [0.05, 0.1) is 23.0 Å². The van der Waals surface area contributed by atoms with Gasteiger partial charge in [-0.2, -0.15) is 9.57 Å². The van der Waals surface area contributed by atoms with E-state index < -0.39 is 15.6 Å². The molecule has 2 rings (SSSR count). The largest absolute Gasteiger partial charge is 0.389 e. The number of nitriles is 1. The molecule has 0 bridgehead atoms. The van der Waals surface area contributed by atoms with Crippen molar-refractivity contribution in [2.45, 2.75) is 30.3 Å². The first-order chi connectivity index (χ1) is 8.85. The zero-order valence-corrected chi connectivity index (χ0v) is 11.5. The standard InChI is InChI=1S/C13H16N2O3S/c1-13(16)7-9-15(10-13)19(17,18)12-4-2-11(3-5-12)6-8-14/h2-5,16H,6-7,9-10H2,1H3. The van der Waals surface area contributed by atoms with Gasteiger partial charge in [-0.25, -0.2) is 8.42 Å². The average molecular weight is 280 g/mol. The van der Waals surface area contributed by atoms with Gasteiger partial charge in [-0.3, -0.25) is 0 Å². The van der Waals surface area contributed by atoms with Crippen molar-refractivity contribution in [3.8, 4) is 6.07 Å². The van der Waals surface area contributed by atoms with Crippen molar-refractivity contribution in [2.75, 3.05) is 13.1 Å². The monoisotopic (exact) mass is 280 g/mol. The van der Waals surface area contributed by atoms with Crippen LogP contribution in [0.4, 0.5) is 0 Å². The Hall–Kier alpha value is -1.42. The van der Waals surface area contributed by atoms with Gasteiger partial charge in [-0.1, -0.05) is 12.1 Å². The van der Waals surface area contributed by atoms with Gasteiger partial charge in [-0.15, -0.1) is 0 Å². The summed E-state index contributed by atoms with van der Waals surface area (Å²) in [5.74, 6) is 0. The van der Waals surface area contributed by atoms with E-state index in [4.69, 9.17) is 5.26 Å². The maximum absolute atomic E-state index is 12.3. The lowest BCUT2D eigenvalue weighted by Crippen LogP contribution is -2.33. The Kier molecular flexibility index (Phi) is 3.63. The summed E-state index contributed by atoms with van der Waals surface area (Å²) in [5.41, 5.74) is -0.164. The predicted octanol–water partition coefficient (Wildman–Crippen LogP) is 0.898. The number of β-amino-alcohol motifs (C(OH)–C–C–N with tert-alkyl or cyclic N) is 1. The topological polar surface area (TPSA) is 81.4 Å². The summed E-state index contributed by atoms with van der Waals surface area (Å²) in [6.45, 7) is 2.09. The first-order valence-electron chi connectivity index (χ1n) is 6.04. The lowest BCUT2D eigenvalue weighted by Gasteiger charge is -2.19. The predicted molar refractivity (Wildman–Crippen MR) is 69.8 cm³/mol. The molecule has 1 atom stereocenters. The molecule has 0 radical (unpaired) electrons. The molecule has 0 saturated carbocycles. The smallest absolute Gasteiger partial charge is 0.243 e. The summed E-state index contributed by atoms with van der Waals surface area (Å²) < 4.78 is 26.0. The van der Waals surface area contributed by atoms with Crippen LogP contribution < -0.4 is 0 Å². The molecule has 6 heteroatoms. The van der Waals surface area contributed by atoms with Crippen LogP contribution in [0.2, 0.25) is 0 Å². The van der Waals surface area contributed by atoms with E-state index in [9.17, 15) is 13.5 Å². The van der Waals surface area contributed by atoms with Gasteiger partial charge in [0, 0.05) is 13.1 Å². The first-order valence-corrected chi connectivity index (χ1v) is 7.48. The minimum absolute atomic E-state index is 0.120. The van der Waals surface area contributed by atoms with Crippen molar-refractivity contribution in [3.05, 3.63) is 29.8 Å². The zero-order chi connectivity index (χ0) is 14.1. The molecule has 19 heavy (non-hydrogen) atoms. The quantitative estimate of drug-likeness (QED) is 0.892. The summed E-state index contributed by atoms with van der Waals surface area (Å²) in [6, 6.07) is 8.32. The molecule has 1 N–H and O–H groups in total. The Bertz CT molecular complexity index is 600. The van der Waals surface area contributed by atoms with Crippen LogP contribution in [0.1, 0.15) is 18.9 Å². The van der Waals surface area contributed by atoms with Crippen LogP contribution in [0, 0.1) is 11.3 Å². The highest BCUT2D eigenvalue weighted by molar-refractivity contribution is 7.89. The fraction of sp³-hybridized carbons (Fsp3) is 0.462. The lowest BCUT2D eigenvalue weighted by molar-refractivity contribution is 0.0762. The molecule has 0 amide bonds. The van der Waals surface area contributed by atoms with Gasteiger partial charge in [0.2, 0.25) is 10.0 Å². The van der Waals surface area contributed by atoms with Crippen molar-refractivity contribution in [1.82, 2.24) is 4.31 Å². The van der Waals surface area contributed by atoms with Gasteiger partial charge in [0.1, 0.15) is 0 Å². The molecule has 1 aliphatic rings. The van der Waals surface area contributed by atoms with Crippen LogP contribution in [0.25, 0.3) is 0 Å². The van der Waals surface area contributed by atoms with Crippen molar-refractivity contribution in [3.63, 3.8) is 0 Å². The van der Waals surface area contributed by atoms with Crippen LogP contribution in [0.3, 0.4) is 0 Å². The molecule has 1 saturated heterocycles. The number of hydrogen-bond acceptors (Lipinski definition) is 4. The summed E-state index contributed by atoms with van der Waals surface area (Å²) in [5, 5.41) is 18.4. The lowest BCUT2D eigenvalue weighted by atomic mass is 10.1. The van der Waals surface area contributed by atoms with Crippen molar-refractivity contribution < 1.29 is 13.5 Å². The molecule has 1 aromatic rings. The molecular weight excluding hydrogens is 264 g/mol. The van der Waals surface area contributed by atoms with Gasteiger partial charge in [0.25, 0.3) is 0 Å². The molecule has 0 spiro atoms. The second-order valence-corrected chi connectivity index (χ2v) is 7.00. The first kappa shape index (κ1) is 14.0. The number of rotatable bonds is 3. The van der Waals surface area contributed by atoms with E-state index in [-0.39, 0.29) is 17.9 Å². The van der Waals surface area contributed by atoms with Crippen molar-refractivity contribution >= 4 is 10.0 Å². The molecular formula is C13H16N2O3S. The number of aliphatic hydroxyl groups is 1. The Morgan fingerprint density at radius 1 is 1.42 bits per heavy atom. The number of hydrogen-bond donors (Lipinski definition) is 1. The van der Waals surface area contributed by atoms with Gasteiger partial charge < -0.3 is 5.11 Å². The summed E-state index contributed by atoms with van der Waals surface area (Å²) in [7, 11) is -3.55. The van der Waals surface area contributed by atoms with E-state index in [1.54, 1.807) is 19.1 Å². The summed E-state index contributed by atoms with van der Waals surface area (Å²) in [4.78, 5) is 0.201. The van der Waals surface area contributed by atoms with E-state index in [1.807, 2.05) is 6.07 Å². The van der Waals surface area contributed by atoms with Crippen LogP contribution in [0.15, 0.2) is 29.2 Å². The molecule has 1 aliphatic heterocycles. The van der Waals surface area contributed by atoms with E-state index in [2.05, 4.69) is 0 Å². The van der Waals surface area contributed by atoms with Gasteiger partial charge in [0.15, 0.2) is 0 Å². The molecule has 1 aromatic carbocycles. The van der Waals surface area contributed by atoms with E-state index in [0.717, 1.165) is 5.56 Å². The normalized spacial score (nSPS) is 24.3. The minimum Gasteiger partial charge on any atom is -0.389 e. The van der Waals surface area contributed by atoms with Gasteiger partial charge >= 0.3 is 0 Å². The van der Waals surface area contributed by atoms with E-state index in [1.165, 1.54) is 16.4 Å². The van der Waals surface area contributed by atoms with E-state index >= 15 is 0 Å². The molecule has 0 aromatic heterocycles. The van der Waals surface area contributed by atoms with Crippen LogP contribution in [-0.4, -0.2) is 36.5 Å². The second-order valence-electron chi connectivity index (χ2n) is 5.06. The van der Waals surface area contributed by atoms with Gasteiger partial charge in [-0.05, 0) is 31.0 Å². The minimum atomic E-state index is -3.55. The number of nitrogens with zero attached hydrogens (tertiary/aromatic N) is 2.